The Hall–Kier alpha value is -5.13. The van der Waals surface area contributed by atoms with Crippen molar-refractivity contribution in [1.29, 1.82) is 0 Å². The minimum Gasteiger partial charge on any atom is -0.454 e. The van der Waals surface area contributed by atoms with Crippen molar-refractivity contribution in [2.45, 2.75) is 25.5 Å². The van der Waals surface area contributed by atoms with Gasteiger partial charge < -0.3 is 29.3 Å². The molecular formula is C30H31N7O5. The lowest BCUT2D eigenvalue weighted by molar-refractivity contribution is -0.121. The Bertz CT molecular complexity index is 1520. The van der Waals surface area contributed by atoms with Crippen LogP contribution in [0, 0.1) is 0 Å². The van der Waals surface area contributed by atoms with Crippen LogP contribution in [0.25, 0.3) is 5.95 Å². The van der Waals surface area contributed by atoms with Crippen LogP contribution in [0.4, 0.5) is 10.6 Å². The van der Waals surface area contributed by atoms with Crippen LogP contribution in [0.2, 0.25) is 0 Å². The first-order valence-electron chi connectivity index (χ1n) is 13.8. The minimum absolute atomic E-state index is 0.117. The number of benzene rings is 2. The summed E-state index contributed by atoms with van der Waals surface area (Å²) in [7, 11) is 0. The molecule has 4 aromatic rings. The molecule has 42 heavy (non-hydrogen) atoms. The third-order valence-corrected chi connectivity index (χ3v) is 7.20. The molecule has 2 aliphatic rings. The van der Waals surface area contributed by atoms with Crippen LogP contribution >= 0.6 is 0 Å². The van der Waals surface area contributed by atoms with E-state index in [1.165, 1.54) is 0 Å². The summed E-state index contributed by atoms with van der Waals surface area (Å²) in [5.41, 5.74) is 1.95. The molecule has 1 N–H and O–H groups in total. The maximum absolute atomic E-state index is 13.1. The first kappa shape index (κ1) is 27.1. The molecule has 2 amide bonds. The van der Waals surface area contributed by atoms with Gasteiger partial charge in [-0.15, -0.1) is 0 Å². The number of hydrogen-bond acceptors (Lipinski definition) is 9. The highest BCUT2D eigenvalue weighted by molar-refractivity contribution is 5.77. The highest BCUT2D eigenvalue weighted by Crippen LogP contribution is 2.32. The summed E-state index contributed by atoms with van der Waals surface area (Å²) < 4.78 is 18.1. The quantitative estimate of drug-likeness (QED) is 0.324. The Morgan fingerprint density at radius 2 is 1.88 bits per heavy atom. The van der Waals surface area contributed by atoms with E-state index < -0.39 is 6.09 Å². The molecule has 0 radical (unpaired) electrons. The van der Waals surface area contributed by atoms with Gasteiger partial charge >= 0.3 is 6.09 Å². The lowest BCUT2D eigenvalue weighted by Crippen LogP contribution is -2.56. The highest BCUT2D eigenvalue weighted by Gasteiger charge is 2.33. The molecule has 1 fully saturated rings. The molecule has 4 heterocycles. The van der Waals surface area contributed by atoms with Gasteiger partial charge in [0, 0.05) is 51.2 Å². The first-order chi connectivity index (χ1) is 20.6. The second-order valence-electron chi connectivity index (χ2n) is 10.0. The molecule has 0 aliphatic carbocycles. The third kappa shape index (κ3) is 6.43. The van der Waals surface area contributed by atoms with Crippen molar-refractivity contribution in [3.63, 3.8) is 0 Å². The summed E-state index contributed by atoms with van der Waals surface area (Å²) in [4.78, 5) is 43.0. The second kappa shape index (κ2) is 12.6. The topological polar surface area (TPSA) is 124 Å². The molecule has 2 aliphatic heterocycles. The lowest BCUT2D eigenvalue weighted by atomic mass is 10.1. The zero-order valence-corrected chi connectivity index (χ0v) is 23.0. The van der Waals surface area contributed by atoms with Crippen LogP contribution < -0.4 is 19.7 Å². The summed E-state index contributed by atoms with van der Waals surface area (Å²) in [5.74, 6) is 2.48. The number of ether oxygens (including phenoxy) is 3. The van der Waals surface area contributed by atoms with Gasteiger partial charge in [-0.1, -0.05) is 36.4 Å². The van der Waals surface area contributed by atoms with Crippen molar-refractivity contribution in [3.8, 4) is 17.4 Å². The SMILES string of the molecule is O=C(CC1CN(C(=O)OCc2ccccc2)CCN1c1ccnc(-n2ccnc2)n1)NCCc1ccc2c(c1)OCO2. The summed E-state index contributed by atoms with van der Waals surface area (Å²) in [6, 6.07) is 16.8. The second-order valence-corrected chi connectivity index (χ2v) is 10.0. The number of carbonyl (C=O) groups excluding carboxylic acids is 2. The summed E-state index contributed by atoms with van der Waals surface area (Å²) in [5, 5.41) is 3.03. The van der Waals surface area contributed by atoms with Gasteiger partial charge in [0.05, 0.1) is 6.04 Å². The van der Waals surface area contributed by atoms with E-state index in [0.29, 0.717) is 44.4 Å². The Labute approximate surface area is 242 Å². The number of nitrogens with one attached hydrogen (secondary N) is 1. The summed E-state index contributed by atoms with van der Waals surface area (Å²) in [6.07, 6.45) is 7.15. The number of rotatable bonds is 9. The van der Waals surface area contributed by atoms with E-state index >= 15 is 0 Å². The molecule has 0 bridgehead atoms. The number of aromatic nitrogens is 4. The van der Waals surface area contributed by atoms with Crippen LogP contribution in [0.3, 0.4) is 0 Å². The van der Waals surface area contributed by atoms with E-state index in [4.69, 9.17) is 19.2 Å². The minimum atomic E-state index is -0.409. The predicted molar refractivity (Wildman–Crippen MR) is 152 cm³/mol. The molecule has 12 heteroatoms. The highest BCUT2D eigenvalue weighted by atomic mass is 16.7. The number of hydrogen-bond donors (Lipinski definition) is 1. The van der Waals surface area contributed by atoms with Crippen LogP contribution in [0.1, 0.15) is 17.5 Å². The molecule has 0 saturated carbocycles. The van der Waals surface area contributed by atoms with E-state index in [0.717, 1.165) is 22.6 Å². The molecule has 1 saturated heterocycles. The number of anilines is 1. The van der Waals surface area contributed by atoms with Crippen LogP contribution in [-0.4, -0.2) is 75.4 Å². The van der Waals surface area contributed by atoms with Crippen molar-refractivity contribution in [1.82, 2.24) is 29.7 Å². The van der Waals surface area contributed by atoms with E-state index in [9.17, 15) is 9.59 Å². The zero-order chi connectivity index (χ0) is 28.7. The van der Waals surface area contributed by atoms with Crippen molar-refractivity contribution >= 4 is 17.8 Å². The van der Waals surface area contributed by atoms with Gasteiger partial charge in [-0.05, 0) is 35.7 Å². The van der Waals surface area contributed by atoms with Crippen LogP contribution in [0.5, 0.6) is 11.5 Å². The molecule has 216 valence electrons. The number of piperazine rings is 1. The fourth-order valence-electron chi connectivity index (χ4n) is 5.04. The fourth-order valence-corrected chi connectivity index (χ4v) is 5.04. The standard InChI is InChI=1S/C30H31N7O5/c38-28(32-10-8-22-6-7-25-26(16-22)42-21-41-25)17-24-18-35(30(39)40-19-23-4-2-1-3-5-23)14-15-37(24)27-9-11-33-29(34-27)36-13-12-31-20-36/h1-7,9,11-13,16,20,24H,8,10,14-15,17-19,21H2,(H,32,38). The van der Waals surface area contributed by atoms with Crippen molar-refractivity contribution in [2.24, 2.45) is 0 Å². The van der Waals surface area contributed by atoms with E-state index in [1.807, 2.05) is 54.6 Å². The molecular weight excluding hydrogens is 538 g/mol. The van der Waals surface area contributed by atoms with Gasteiger partial charge in [-0.3, -0.25) is 9.36 Å². The molecule has 6 rings (SSSR count). The summed E-state index contributed by atoms with van der Waals surface area (Å²) in [6.45, 7) is 2.10. The number of imidazole rings is 1. The van der Waals surface area contributed by atoms with Gasteiger partial charge in [-0.2, -0.15) is 4.98 Å². The molecule has 1 atom stereocenters. The van der Waals surface area contributed by atoms with E-state index in [2.05, 4.69) is 20.2 Å². The molecule has 12 nitrogen and oxygen atoms in total. The molecule has 0 spiro atoms. The molecule has 1 unspecified atom stereocenters. The Morgan fingerprint density at radius 1 is 1.00 bits per heavy atom. The van der Waals surface area contributed by atoms with E-state index in [-0.39, 0.29) is 31.8 Å². The van der Waals surface area contributed by atoms with Crippen molar-refractivity contribution in [3.05, 3.63) is 90.6 Å². The molecule has 2 aromatic carbocycles. The third-order valence-electron chi connectivity index (χ3n) is 7.20. The average Bonchev–Trinajstić information content (AvgIpc) is 3.73. The average molecular weight is 570 g/mol. The maximum atomic E-state index is 13.1. The van der Waals surface area contributed by atoms with Gasteiger partial charge in [-0.25, -0.2) is 14.8 Å². The Morgan fingerprint density at radius 3 is 2.74 bits per heavy atom. The monoisotopic (exact) mass is 569 g/mol. The molecule has 2 aromatic heterocycles. The van der Waals surface area contributed by atoms with E-state index in [1.54, 1.807) is 34.4 Å². The zero-order valence-electron chi connectivity index (χ0n) is 23.0. The van der Waals surface area contributed by atoms with Crippen LogP contribution in [-0.2, 0) is 22.6 Å². The van der Waals surface area contributed by atoms with Gasteiger partial charge in [0.15, 0.2) is 11.5 Å². The van der Waals surface area contributed by atoms with Crippen molar-refractivity contribution < 1.29 is 23.8 Å². The summed E-state index contributed by atoms with van der Waals surface area (Å²) >= 11 is 0. The Kier molecular flexibility index (Phi) is 8.11. The van der Waals surface area contributed by atoms with Gasteiger partial charge in [0.1, 0.15) is 18.8 Å². The van der Waals surface area contributed by atoms with Gasteiger partial charge in [0.2, 0.25) is 18.6 Å². The van der Waals surface area contributed by atoms with Gasteiger partial charge in [0.25, 0.3) is 0 Å². The Balaban J connectivity index is 1.12. The number of amides is 2. The predicted octanol–water partition coefficient (Wildman–Crippen LogP) is 2.97. The number of carbonyl (C=O) groups is 2. The smallest absolute Gasteiger partial charge is 0.410 e. The first-order valence-corrected chi connectivity index (χ1v) is 13.8. The number of nitrogens with zero attached hydrogens (tertiary/aromatic N) is 6. The van der Waals surface area contributed by atoms with Crippen LogP contribution in [0.15, 0.2) is 79.5 Å². The number of fused-ring (bicyclic) bond motifs is 1. The maximum Gasteiger partial charge on any atom is 0.410 e. The fraction of sp³-hybridized carbons (Fsp3) is 0.300. The lowest BCUT2D eigenvalue weighted by Gasteiger charge is -2.41. The largest absolute Gasteiger partial charge is 0.454 e. The normalized spacial score (nSPS) is 15.9. The van der Waals surface area contributed by atoms with Crippen molar-refractivity contribution in [2.75, 3.05) is 37.9 Å².